The second kappa shape index (κ2) is 5.84. The molecule has 0 saturated heterocycles. The lowest BCUT2D eigenvalue weighted by atomic mass is 10.0. The summed E-state index contributed by atoms with van der Waals surface area (Å²) in [5, 5.41) is 13.9. The fourth-order valence-electron chi connectivity index (χ4n) is 1.88. The maximum atomic E-state index is 12.0. The molecule has 0 aliphatic heterocycles. The van der Waals surface area contributed by atoms with E-state index in [0.717, 1.165) is 12.8 Å². The molecule has 1 rings (SSSR count). The average Bonchev–Trinajstić information content (AvgIpc) is 3.14. The van der Waals surface area contributed by atoms with Gasteiger partial charge < -0.3 is 15.7 Å². The molecule has 1 unspecified atom stereocenters. The third-order valence-corrected chi connectivity index (χ3v) is 3.30. The molecule has 0 aromatic rings. The van der Waals surface area contributed by atoms with E-state index in [4.69, 9.17) is 5.11 Å². The molecule has 0 bridgehead atoms. The molecule has 6 heteroatoms. The largest absolute Gasteiger partial charge is 0.480 e. The van der Waals surface area contributed by atoms with Crippen molar-refractivity contribution < 1.29 is 19.5 Å². The van der Waals surface area contributed by atoms with Crippen molar-refractivity contribution in [2.24, 2.45) is 5.41 Å². The third-order valence-electron chi connectivity index (χ3n) is 3.30. The number of aliphatic carboxylic acids is 1. The summed E-state index contributed by atoms with van der Waals surface area (Å²) in [6.45, 7) is 1.95. The minimum absolute atomic E-state index is 0.334. The molecular formula is C12H20N2O4. The van der Waals surface area contributed by atoms with Crippen LogP contribution in [0.15, 0.2) is 0 Å². The van der Waals surface area contributed by atoms with Crippen LogP contribution in [0.3, 0.4) is 0 Å². The van der Waals surface area contributed by atoms with Crippen molar-refractivity contribution in [3.63, 3.8) is 0 Å². The Morgan fingerprint density at radius 1 is 1.28 bits per heavy atom. The van der Waals surface area contributed by atoms with Crippen LogP contribution in [0.1, 0.15) is 39.0 Å². The van der Waals surface area contributed by atoms with Crippen molar-refractivity contribution in [1.29, 1.82) is 0 Å². The first kappa shape index (κ1) is 14.5. The van der Waals surface area contributed by atoms with Crippen molar-refractivity contribution in [2.75, 3.05) is 7.05 Å². The molecule has 1 aliphatic rings. The molecule has 0 aromatic carbocycles. The highest BCUT2D eigenvalue weighted by Gasteiger charge is 2.56. The Bertz CT molecular complexity index is 350. The maximum absolute atomic E-state index is 12.0. The van der Waals surface area contributed by atoms with E-state index >= 15 is 0 Å². The highest BCUT2D eigenvalue weighted by molar-refractivity contribution is 6.08. The SMILES string of the molecule is CCCCC(NC(=O)C1(C(=O)NC)CC1)C(=O)O. The molecule has 6 nitrogen and oxygen atoms in total. The Kier molecular flexibility index (Phi) is 4.69. The lowest BCUT2D eigenvalue weighted by Gasteiger charge is -2.18. The molecule has 3 N–H and O–H groups in total. The predicted molar refractivity (Wildman–Crippen MR) is 64.8 cm³/mol. The van der Waals surface area contributed by atoms with Crippen molar-refractivity contribution in [1.82, 2.24) is 10.6 Å². The zero-order valence-corrected chi connectivity index (χ0v) is 10.8. The number of carboxylic acids is 1. The Hall–Kier alpha value is -1.59. The highest BCUT2D eigenvalue weighted by Crippen LogP contribution is 2.46. The molecule has 1 atom stereocenters. The number of carbonyl (C=O) groups is 3. The molecule has 18 heavy (non-hydrogen) atoms. The molecule has 0 radical (unpaired) electrons. The first-order chi connectivity index (χ1) is 8.47. The Balaban J connectivity index is 2.62. The smallest absolute Gasteiger partial charge is 0.326 e. The van der Waals surface area contributed by atoms with E-state index in [1.54, 1.807) is 0 Å². The second-order valence-corrected chi connectivity index (χ2v) is 4.67. The van der Waals surface area contributed by atoms with Gasteiger partial charge in [-0.2, -0.15) is 0 Å². The zero-order chi connectivity index (χ0) is 13.8. The van der Waals surface area contributed by atoms with E-state index in [1.807, 2.05) is 6.92 Å². The third kappa shape index (κ3) is 3.00. The van der Waals surface area contributed by atoms with E-state index < -0.39 is 23.3 Å². The molecule has 0 spiro atoms. The summed E-state index contributed by atoms with van der Waals surface area (Å²) in [5.41, 5.74) is -1.03. The second-order valence-electron chi connectivity index (χ2n) is 4.67. The topological polar surface area (TPSA) is 95.5 Å². The van der Waals surface area contributed by atoms with Gasteiger partial charge in [0.1, 0.15) is 11.5 Å². The van der Waals surface area contributed by atoms with E-state index in [1.165, 1.54) is 7.05 Å². The quantitative estimate of drug-likeness (QED) is 0.570. The fraction of sp³-hybridized carbons (Fsp3) is 0.750. The van der Waals surface area contributed by atoms with Crippen LogP contribution < -0.4 is 10.6 Å². The minimum Gasteiger partial charge on any atom is -0.480 e. The van der Waals surface area contributed by atoms with Crippen LogP contribution in [-0.2, 0) is 14.4 Å². The maximum Gasteiger partial charge on any atom is 0.326 e. The van der Waals surface area contributed by atoms with Gasteiger partial charge in [0.25, 0.3) is 0 Å². The van der Waals surface area contributed by atoms with Gasteiger partial charge in [0, 0.05) is 7.05 Å². The first-order valence-corrected chi connectivity index (χ1v) is 6.24. The number of amides is 2. The molecule has 1 aliphatic carbocycles. The molecule has 2 amide bonds. The number of rotatable bonds is 7. The molecule has 0 heterocycles. The van der Waals surface area contributed by atoms with Crippen LogP contribution in [-0.4, -0.2) is 36.0 Å². The number of unbranched alkanes of at least 4 members (excludes halogenated alkanes) is 1. The van der Waals surface area contributed by atoms with Crippen molar-refractivity contribution in [3.8, 4) is 0 Å². The van der Waals surface area contributed by atoms with Gasteiger partial charge >= 0.3 is 5.97 Å². The summed E-state index contributed by atoms with van der Waals surface area (Å²) in [5.74, 6) is -1.85. The predicted octanol–water partition coefficient (Wildman–Crippen LogP) is 0.272. The molecule has 1 saturated carbocycles. The molecule has 102 valence electrons. The Morgan fingerprint density at radius 3 is 2.28 bits per heavy atom. The number of nitrogens with one attached hydrogen (secondary N) is 2. The minimum atomic E-state index is -1.05. The van der Waals surface area contributed by atoms with E-state index in [-0.39, 0.29) is 5.91 Å². The van der Waals surface area contributed by atoms with Crippen molar-refractivity contribution in [3.05, 3.63) is 0 Å². The summed E-state index contributed by atoms with van der Waals surface area (Å²) >= 11 is 0. The standard InChI is InChI=1S/C12H20N2O4/c1-3-4-5-8(9(15)16)14-11(18)12(6-7-12)10(17)13-2/h8H,3-7H2,1-2H3,(H,13,17)(H,14,18)(H,15,16). The van der Waals surface area contributed by atoms with Crippen LogP contribution >= 0.6 is 0 Å². The van der Waals surface area contributed by atoms with E-state index in [9.17, 15) is 14.4 Å². The van der Waals surface area contributed by atoms with Gasteiger partial charge in [0.15, 0.2) is 0 Å². The number of hydrogen-bond donors (Lipinski definition) is 3. The lowest BCUT2D eigenvalue weighted by Crippen LogP contribution is -2.48. The fourth-order valence-corrected chi connectivity index (χ4v) is 1.88. The van der Waals surface area contributed by atoms with Gasteiger partial charge in [-0.05, 0) is 19.3 Å². The summed E-state index contributed by atoms with van der Waals surface area (Å²) in [6, 6.07) is -0.903. The van der Waals surface area contributed by atoms with Crippen molar-refractivity contribution >= 4 is 17.8 Å². The van der Waals surface area contributed by atoms with Crippen molar-refractivity contribution in [2.45, 2.75) is 45.1 Å². The summed E-state index contributed by atoms with van der Waals surface area (Å²) in [6.07, 6.45) is 2.95. The zero-order valence-electron chi connectivity index (χ0n) is 10.8. The summed E-state index contributed by atoms with van der Waals surface area (Å²) in [7, 11) is 1.47. The van der Waals surface area contributed by atoms with Gasteiger partial charge in [0.05, 0.1) is 0 Å². The van der Waals surface area contributed by atoms with Gasteiger partial charge in [-0.1, -0.05) is 19.8 Å². The monoisotopic (exact) mass is 256 g/mol. The molecule has 1 fully saturated rings. The summed E-state index contributed by atoms with van der Waals surface area (Å²) < 4.78 is 0. The normalized spacial score (nSPS) is 17.7. The number of carbonyl (C=O) groups excluding carboxylic acids is 2. The van der Waals surface area contributed by atoms with E-state index in [0.29, 0.717) is 19.3 Å². The Labute approximate surface area is 106 Å². The van der Waals surface area contributed by atoms with E-state index in [2.05, 4.69) is 10.6 Å². The van der Waals surface area contributed by atoms with Gasteiger partial charge in [-0.15, -0.1) is 0 Å². The van der Waals surface area contributed by atoms with Crippen LogP contribution in [0.2, 0.25) is 0 Å². The molecule has 0 aromatic heterocycles. The first-order valence-electron chi connectivity index (χ1n) is 6.24. The molecular weight excluding hydrogens is 236 g/mol. The van der Waals surface area contributed by atoms with Gasteiger partial charge in [-0.25, -0.2) is 4.79 Å². The van der Waals surface area contributed by atoms with Gasteiger partial charge in [-0.3, -0.25) is 9.59 Å². The van der Waals surface area contributed by atoms with Crippen LogP contribution in [0, 0.1) is 5.41 Å². The summed E-state index contributed by atoms with van der Waals surface area (Å²) in [4.78, 5) is 34.6. The van der Waals surface area contributed by atoms with Gasteiger partial charge in [0.2, 0.25) is 11.8 Å². The lowest BCUT2D eigenvalue weighted by molar-refractivity contribution is -0.145. The van der Waals surface area contributed by atoms with Crippen LogP contribution in [0.25, 0.3) is 0 Å². The van der Waals surface area contributed by atoms with Crippen LogP contribution in [0.4, 0.5) is 0 Å². The van der Waals surface area contributed by atoms with Crippen LogP contribution in [0.5, 0.6) is 0 Å². The number of hydrogen-bond acceptors (Lipinski definition) is 3. The average molecular weight is 256 g/mol. The Morgan fingerprint density at radius 2 is 1.89 bits per heavy atom. The highest BCUT2D eigenvalue weighted by atomic mass is 16.4. The number of carboxylic acid groups (broad SMARTS) is 1.